The van der Waals surface area contributed by atoms with E-state index in [1.165, 1.54) is 25.7 Å². The molecule has 100 valence electrons. The van der Waals surface area contributed by atoms with Crippen LogP contribution >= 0.6 is 0 Å². The highest BCUT2D eigenvalue weighted by atomic mass is 16.5. The van der Waals surface area contributed by atoms with E-state index in [1.54, 1.807) is 7.11 Å². The highest BCUT2D eigenvalue weighted by Crippen LogP contribution is 2.27. The van der Waals surface area contributed by atoms with Crippen molar-refractivity contribution in [3.8, 4) is 5.75 Å². The summed E-state index contributed by atoms with van der Waals surface area (Å²) in [6.45, 7) is 1.35. The van der Waals surface area contributed by atoms with Gasteiger partial charge in [0.2, 0.25) is 0 Å². The number of nitrogens with two attached hydrogens (primary N) is 1. The van der Waals surface area contributed by atoms with E-state index in [4.69, 9.17) is 15.2 Å². The second-order valence-electron chi connectivity index (χ2n) is 4.98. The maximum absolute atomic E-state index is 5.98. The van der Waals surface area contributed by atoms with Crippen molar-refractivity contribution < 1.29 is 9.47 Å². The van der Waals surface area contributed by atoms with Gasteiger partial charge in [-0.15, -0.1) is 0 Å². The van der Waals surface area contributed by atoms with Gasteiger partial charge in [0.1, 0.15) is 5.75 Å². The Morgan fingerprint density at radius 1 is 1.33 bits per heavy atom. The van der Waals surface area contributed by atoms with E-state index in [-0.39, 0.29) is 6.10 Å². The Bertz CT molecular complexity index is 361. The van der Waals surface area contributed by atoms with Crippen LogP contribution in [0.3, 0.4) is 0 Å². The smallest absolute Gasteiger partial charge is 0.119 e. The van der Waals surface area contributed by atoms with Gasteiger partial charge in [0.15, 0.2) is 0 Å². The minimum atomic E-state index is -0.0132. The number of hydrogen-bond donors (Lipinski definition) is 1. The van der Waals surface area contributed by atoms with Crippen LogP contribution < -0.4 is 10.5 Å². The van der Waals surface area contributed by atoms with Crippen LogP contribution in [0, 0.1) is 5.92 Å². The highest BCUT2D eigenvalue weighted by molar-refractivity contribution is 5.30. The number of rotatable bonds is 6. The average molecular weight is 249 g/mol. The Labute approximate surface area is 109 Å². The van der Waals surface area contributed by atoms with Crippen molar-refractivity contribution in [3.63, 3.8) is 0 Å². The van der Waals surface area contributed by atoms with Crippen molar-refractivity contribution in [2.75, 3.05) is 20.3 Å². The maximum Gasteiger partial charge on any atom is 0.119 e. The Morgan fingerprint density at radius 2 is 2.11 bits per heavy atom. The molecule has 0 aromatic heterocycles. The van der Waals surface area contributed by atoms with E-state index in [2.05, 4.69) is 6.07 Å². The number of benzene rings is 1. The Hall–Kier alpha value is -1.06. The van der Waals surface area contributed by atoms with Gasteiger partial charge in [-0.3, -0.25) is 0 Å². The van der Waals surface area contributed by atoms with Crippen molar-refractivity contribution in [2.24, 2.45) is 11.7 Å². The summed E-state index contributed by atoms with van der Waals surface area (Å²) in [5.74, 6) is 1.58. The predicted octanol–water partition coefficient (Wildman–Crippen LogP) is 2.90. The van der Waals surface area contributed by atoms with Crippen molar-refractivity contribution in [3.05, 3.63) is 29.8 Å². The second-order valence-corrected chi connectivity index (χ2v) is 4.98. The first-order valence-corrected chi connectivity index (χ1v) is 6.79. The van der Waals surface area contributed by atoms with Crippen LogP contribution in [0.4, 0.5) is 0 Å². The molecule has 0 aliphatic heterocycles. The first-order chi connectivity index (χ1) is 8.83. The first-order valence-electron chi connectivity index (χ1n) is 6.79. The number of ether oxygens (including phenoxy) is 2. The van der Waals surface area contributed by atoms with Crippen LogP contribution in [0.5, 0.6) is 5.75 Å². The standard InChI is InChI=1S/C15H23NO2/c1-17-14-8-4-7-13(9-14)15(10-16)18-11-12-5-2-3-6-12/h4,7-9,12,15H,2-3,5-6,10-11,16H2,1H3. The molecule has 1 fully saturated rings. The van der Waals surface area contributed by atoms with E-state index in [9.17, 15) is 0 Å². The fourth-order valence-corrected chi connectivity index (χ4v) is 2.57. The molecule has 1 aliphatic rings. The van der Waals surface area contributed by atoms with Gasteiger partial charge in [0.25, 0.3) is 0 Å². The maximum atomic E-state index is 5.98. The minimum Gasteiger partial charge on any atom is -0.497 e. The summed E-state index contributed by atoms with van der Waals surface area (Å²) < 4.78 is 11.2. The third-order valence-corrected chi connectivity index (χ3v) is 3.69. The molecule has 1 atom stereocenters. The van der Waals surface area contributed by atoms with Crippen LogP contribution in [0.15, 0.2) is 24.3 Å². The lowest BCUT2D eigenvalue weighted by molar-refractivity contribution is 0.0345. The molecule has 0 radical (unpaired) electrons. The molecule has 3 nitrogen and oxygen atoms in total. The zero-order valence-corrected chi connectivity index (χ0v) is 11.1. The molecule has 2 rings (SSSR count). The summed E-state index contributed by atoms with van der Waals surface area (Å²) >= 11 is 0. The lowest BCUT2D eigenvalue weighted by Gasteiger charge is -2.19. The zero-order valence-electron chi connectivity index (χ0n) is 11.1. The van der Waals surface area contributed by atoms with Gasteiger partial charge < -0.3 is 15.2 Å². The van der Waals surface area contributed by atoms with E-state index in [0.29, 0.717) is 6.54 Å². The summed E-state index contributed by atoms with van der Waals surface area (Å²) in [7, 11) is 1.68. The fraction of sp³-hybridized carbons (Fsp3) is 0.600. The van der Waals surface area contributed by atoms with Gasteiger partial charge in [-0.2, -0.15) is 0 Å². The molecule has 0 spiro atoms. The SMILES string of the molecule is COc1cccc(C(CN)OCC2CCCC2)c1. The summed E-state index contributed by atoms with van der Waals surface area (Å²) in [4.78, 5) is 0. The molecule has 0 bridgehead atoms. The van der Waals surface area contributed by atoms with E-state index in [1.807, 2.05) is 18.2 Å². The van der Waals surface area contributed by atoms with Gasteiger partial charge in [-0.1, -0.05) is 25.0 Å². The molecule has 1 aromatic rings. The topological polar surface area (TPSA) is 44.5 Å². The number of hydrogen-bond acceptors (Lipinski definition) is 3. The summed E-state index contributed by atoms with van der Waals surface area (Å²) in [6.07, 6.45) is 5.28. The Kier molecular flexibility index (Phi) is 5.02. The minimum absolute atomic E-state index is 0.0132. The predicted molar refractivity (Wildman–Crippen MR) is 72.7 cm³/mol. The molecule has 0 amide bonds. The average Bonchev–Trinajstić information content (AvgIpc) is 2.93. The molecule has 1 aliphatic carbocycles. The van der Waals surface area contributed by atoms with E-state index >= 15 is 0 Å². The first kappa shape index (κ1) is 13.4. The normalized spacial score (nSPS) is 17.9. The van der Waals surface area contributed by atoms with Crippen molar-refractivity contribution in [1.29, 1.82) is 0 Å². The monoisotopic (exact) mass is 249 g/mol. The second kappa shape index (κ2) is 6.76. The molecule has 0 heterocycles. The van der Waals surface area contributed by atoms with E-state index in [0.717, 1.165) is 23.8 Å². The largest absolute Gasteiger partial charge is 0.497 e. The zero-order chi connectivity index (χ0) is 12.8. The molecular formula is C15H23NO2. The van der Waals surface area contributed by atoms with Crippen LogP contribution in [-0.4, -0.2) is 20.3 Å². The molecule has 18 heavy (non-hydrogen) atoms. The third kappa shape index (κ3) is 3.47. The van der Waals surface area contributed by atoms with Gasteiger partial charge in [-0.25, -0.2) is 0 Å². The van der Waals surface area contributed by atoms with Gasteiger partial charge >= 0.3 is 0 Å². The summed E-state index contributed by atoms with van der Waals surface area (Å²) in [5, 5.41) is 0. The van der Waals surface area contributed by atoms with Crippen molar-refractivity contribution in [2.45, 2.75) is 31.8 Å². The van der Waals surface area contributed by atoms with Crippen molar-refractivity contribution in [1.82, 2.24) is 0 Å². The number of methoxy groups -OCH3 is 1. The highest BCUT2D eigenvalue weighted by Gasteiger charge is 2.18. The molecule has 1 saturated carbocycles. The Balaban J connectivity index is 1.93. The molecule has 1 unspecified atom stereocenters. The molecule has 1 aromatic carbocycles. The van der Waals surface area contributed by atoms with Crippen LogP contribution in [0.25, 0.3) is 0 Å². The lowest BCUT2D eigenvalue weighted by Crippen LogP contribution is -2.18. The van der Waals surface area contributed by atoms with Crippen LogP contribution in [-0.2, 0) is 4.74 Å². The lowest BCUT2D eigenvalue weighted by atomic mass is 10.1. The Morgan fingerprint density at radius 3 is 2.78 bits per heavy atom. The van der Waals surface area contributed by atoms with Crippen molar-refractivity contribution >= 4 is 0 Å². The van der Waals surface area contributed by atoms with E-state index < -0.39 is 0 Å². The molecule has 3 heteroatoms. The molecule has 2 N–H and O–H groups in total. The summed E-state index contributed by atoms with van der Waals surface area (Å²) in [6, 6.07) is 7.98. The summed E-state index contributed by atoms with van der Waals surface area (Å²) in [5.41, 5.74) is 6.92. The third-order valence-electron chi connectivity index (χ3n) is 3.69. The van der Waals surface area contributed by atoms with Gasteiger partial charge in [-0.05, 0) is 36.5 Å². The molecular weight excluding hydrogens is 226 g/mol. The molecule has 0 saturated heterocycles. The van der Waals surface area contributed by atoms with Crippen LogP contribution in [0.1, 0.15) is 37.4 Å². The fourth-order valence-electron chi connectivity index (χ4n) is 2.57. The quantitative estimate of drug-likeness (QED) is 0.843. The van der Waals surface area contributed by atoms with Gasteiger partial charge in [0, 0.05) is 6.54 Å². The van der Waals surface area contributed by atoms with Gasteiger partial charge in [0.05, 0.1) is 19.8 Å². The van der Waals surface area contributed by atoms with Crippen LogP contribution in [0.2, 0.25) is 0 Å².